The molecular formula is C24H25F2N7O4. The molecule has 2 aliphatic rings. The summed E-state index contributed by atoms with van der Waals surface area (Å²) in [5, 5.41) is 6.98. The van der Waals surface area contributed by atoms with Crippen LogP contribution in [0.15, 0.2) is 35.4 Å². The zero-order chi connectivity index (χ0) is 26.1. The number of rotatable bonds is 4. The van der Waals surface area contributed by atoms with Crippen LogP contribution in [0.1, 0.15) is 58.7 Å². The van der Waals surface area contributed by atoms with E-state index in [-0.39, 0.29) is 22.8 Å². The van der Waals surface area contributed by atoms with E-state index in [1.165, 1.54) is 12.4 Å². The first-order valence-electron chi connectivity index (χ1n) is 11.7. The fraction of sp³-hybridized carbons (Fsp3) is 0.458. The van der Waals surface area contributed by atoms with Gasteiger partial charge in [0.2, 0.25) is 0 Å². The molecule has 0 unspecified atom stereocenters. The molecule has 4 aromatic rings. The van der Waals surface area contributed by atoms with Crippen LogP contribution in [0, 0.1) is 11.6 Å². The van der Waals surface area contributed by atoms with Gasteiger partial charge in [-0.15, -0.1) is 0 Å². The van der Waals surface area contributed by atoms with E-state index in [0.717, 1.165) is 12.1 Å². The Hall–Kier alpha value is -3.55. The maximum absolute atomic E-state index is 14.2. The largest absolute Gasteiger partial charge is 0.341 e. The van der Waals surface area contributed by atoms with Crippen molar-refractivity contribution >= 4 is 22.7 Å². The summed E-state index contributed by atoms with van der Waals surface area (Å²) in [6.07, 6.45) is 0.403. The molecule has 2 fully saturated rings. The molecule has 3 aromatic heterocycles. The zero-order valence-corrected chi connectivity index (χ0v) is 20.8. The van der Waals surface area contributed by atoms with Gasteiger partial charge in [-0.2, -0.15) is 4.98 Å². The van der Waals surface area contributed by atoms with Crippen LogP contribution in [0.5, 0.6) is 0 Å². The van der Waals surface area contributed by atoms with Gasteiger partial charge in [-0.05, 0) is 26.0 Å². The number of hydrogen-bond donors (Lipinski definition) is 1. The summed E-state index contributed by atoms with van der Waals surface area (Å²) in [5.41, 5.74) is 0.518. The Morgan fingerprint density at radius 2 is 1.84 bits per heavy atom. The van der Waals surface area contributed by atoms with Crippen molar-refractivity contribution in [1.82, 2.24) is 29.7 Å². The number of ether oxygens (including phenoxy) is 3. The molecule has 13 heteroatoms. The maximum atomic E-state index is 14.2. The summed E-state index contributed by atoms with van der Waals surface area (Å²) in [6, 6.07) is 3.22. The molecule has 1 aromatic carbocycles. The molecular weight excluding hydrogens is 488 g/mol. The first-order valence-corrected chi connectivity index (χ1v) is 11.7. The predicted molar refractivity (Wildman–Crippen MR) is 125 cm³/mol. The molecule has 2 saturated heterocycles. The van der Waals surface area contributed by atoms with Crippen LogP contribution < -0.4 is 5.32 Å². The van der Waals surface area contributed by atoms with E-state index < -0.39 is 42.0 Å². The van der Waals surface area contributed by atoms with Gasteiger partial charge in [0.15, 0.2) is 40.9 Å². The van der Waals surface area contributed by atoms with Crippen LogP contribution in [0.4, 0.5) is 20.3 Å². The molecule has 0 saturated carbocycles. The van der Waals surface area contributed by atoms with Gasteiger partial charge >= 0.3 is 0 Å². The van der Waals surface area contributed by atoms with Crippen molar-refractivity contribution in [3.8, 4) is 0 Å². The number of anilines is 2. The molecule has 4 atom stereocenters. The highest BCUT2D eigenvalue weighted by molar-refractivity contribution is 5.85. The molecule has 0 radical (unpaired) electrons. The van der Waals surface area contributed by atoms with Gasteiger partial charge in [0.05, 0.1) is 12.0 Å². The summed E-state index contributed by atoms with van der Waals surface area (Å²) < 4.78 is 53.6. The molecule has 5 heterocycles. The van der Waals surface area contributed by atoms with Gasteiger partial charge in [0, 0.05) is 11.5 Å². The summed E-state index contributed by atoms with van der Waals surface area (Å²) in [7, 11) is 0. The van der Waals surface area contributed by atoms with E-state index >= 15 is 0 Å². The third-order valence-corrected chi connectivity index (χ3v) is 6.20. The number of imidazole rings is 1. The number of nitrogens with zero attached hydrogens (tertiary/aromatic N) is 6. The predicted octanol–water partition coefficient (Wildman–Crippen LogP) is 4.32. The number of aromatic nitrogens is 6. The smallest absolute Gasteiger partial charge is 0.258 e. The standard InChI is InChI=1S/C24H25F2N7O4/c1-23(2,3)22-31-20(37-32-22)16-15-17(36-24(4,5)35-15)21(34-16)33-10-29-14-18(27-9-28-19(14)33)30-13-7-6-11(25)8-12(13)26/h6-10,15-17,21H,1-5H3,(H,27,28,30)/t15-,16-,17+,21+/m0/s1. The molecule has 1 N–H and O–H groups in total. The van der Waals surface area contributed by atoms with Crippen molar-refractivity contribution < 1.29 is 27.5 Å². The van der Waals surface area contributed by atoms with Crippen molar-refractivity contribution in [3.05, 3.63) is 54.2 Å². The Balaban J connectivity index is 1.36. The van der Waals surface area contributed by atoms with Crippen LogP contribution >= 0.6 is 0 Å². The highest BCUT2D eigenvalue weighted by atomic mass is 19.1. The average Bonchev–Trinajstić information content (AvgIpc) is 3.57. The van der Waals surface area contributed by atoms with E-state index in [1.807, 2.05) is 34.6 Å². The second-order valence-corrected chi connectivity index (χ2v) is 10.5. The minimum Gasteiger partial charge on any atom is -0.341 e. The topological polar surface area (TPSA) is 122 Å². The first-order chi connectivity index (χ1) is 17.5. The van der Waals surface area contributed by atoms with Crippen LogP contribution in [-0.4, -0.2) is 47.7 Å². The molecule has 37 heavy (non-hydrogen) atoms. The summed E-state index contributed by atoms with van der Waals surface area (Å²) in [5.74, 6) is -1.23. The van der Waals surface area contributed by atoms with Crippen LogP contribution in [0.3, 0.4) is 0 Å². The van der Waals surface area contributed by atoms with Crippen LogP contribution in [0.25, 0.3) is 11.2 Å². The Kier molecular flexibility index (Phi) is 5.30. The summed E-state index contributed by atoms with van der Waals surface area (Å²) >= 11 is 0. The molecule has 0 amide bonds. The summed E-state index contributed by atoms with van der Waals surface area (Å²) in [4.78, 5) is 17.6. The second-order valence-electron chi connectivity index (χ2n) is 10.5. The van der Waals surface area contributed by atoms with Crippen LogP contribution in [0.2, 0.25) is 0 Å². The molecule has 0 spiro atoms. The number of fused-ring (bicyclic) bond motifs is 2. The number of hydrogen-bond acceptors (Lipinski definition) is 10. The molecule has 0 aliphatic carbocycles. The lowest BCUT2D eigenvalue weighted by Crippen LogP contribution is -2.27. The Labute approximate surface area is 210 Å². The van der Waals surface area contributed by atoms with Crippen molar-refractivity contribution in [1.29, 1.82) is 0 Å². The van der Waals surface area contributed by atoms with Gasteiger partial charge in [0.1, 0.15) is 30.2 Å². The van der Waals surface area contributed by atoms with Crippen molar-refractivity contribution in [3.63, 3.8) is 0 Å². The summed E-state index contributed by atoms with van der Waals surface area (Å²) in [6.45, 7) is 9.61. The van der Waals surface area contributed by atoms with Crippen molar-refractivity contribution in [2.24, 2.45) is 0 Å². The van der Waals surface area contributed by atoms with E-state index in [2.05, 4.69) is 30.4 Å². The van der Waals surface area contributed by atoms with Gasteiger partial charge in [-0.3, -0.25) is 4.57 Å². The highest BCUT2D eigenvalue weighted by Crippen LogP contribution is 2.49. The molecule has 0 bridgehead atoms. The monoisotopic (exact) mass is 513 g/mol. The van der Waals surface area contributed by atoms with E-state index in [9.17, 15) is 8.78 Å². The molecule has 2 aliphatic heterocycles. The quantitative estimate of drug-likeness (QED) is 0.422. The zero-order valence-electron chi connectivity index (χ0n) is 20.8. The number of halogens is 2. The fourth-order valence-corrected chi connectivity index (χ4v) is 4.50. The fourth-order valence-electron chi connectivity index (χ4n) is 4.50. The molecule has 6 rings (SSSR count). The lowest BCUT2D eigenvalue weighted by molar-refractivity contribution is -0.199. The van der Waals surface area contributed by atoms with Gasteiger partial charge < -0.3 is 24.1 Å². The third-order valence-electron chi connectivity index (χ3n) is 6.20. The normalized spacial score (nSPS) is 25.1. The van der Waals surface area contributed by atoms with Crippen LogP contribution in [-0.2, 0) is 19.6 Å². The van der Waals surface area contributed by atoms with Gasteiger partial charge in [0.25, 0.3) is 5.89 Å². The minimum atomic E-state index is -0.874. The van der Waals surface area contributed by atoms with Gasteiger partial charge in [-0.25, -0.2) is 23.7 Å². The third kappa shape index (κ3) is 4.12. The number of benzene rings is 1. The number of nitrogens with one attached hydrogen (secondary N) is 1. The Morgan fingerprint density at radius 1 is 1.05 bits per heavy atom. The molecule has 194 valence electrons. The minimum absolute atomic E-state index is 0.0496. The Morgan fingerprint density at radius 3 is 2.57 bits per heavy atom. The average molecular weight is 514 g/mol. The van der Waals surface area contributed by atoms with Gasteiger partial charge in [-0.1, -0.05) is 25.9 Å². The highest BCUT2D eigenvalue weighted by Gasteiger charge is 2.58. The molecule has 11 nitrogen and oxygen atoms in total. The lowest BCUT2D eigenvalue weighted by atomic mass is 9.96. The van der Waals surface area contributed by atoms with E-state index in [4.69, 9.17) is 18.7 Å². The van der Waals surface area contributed by atoms with E-state index in [1.54, 1.807) is 10.9 Å². The first kappa shape index (κ1) is 23.8. The SMILES string of the molecule is CC1(C)O[C@@H]2[C@@H](O1)[C@H](n1cnc3c(Nc4ccc(F)cc4F)ncnc31)O[C@@H]2c1nc(C(C)(C)C)no1. The lowest BCUT2D eigenvalue weighted by Gasteiger charge is -2.23. The maximum Gasteiger partial charge on any atom is 0.258 e. The Bertz CT molecular complexity index is 1480. The second kappa shape index (κ2) is 8.23. The van der Waals surface area contributed by atoms with Crippen molar-refractivity contribution in [2.75, 3.05) is 5.32 Å². The van der Waals surface area contributed by atoms with Crippen molar-refractivity contribution in [2.45, 2.75) is 70.4 Å². The van der Waals surface area contributed by atoms with E-state index in [0.29, 0.717) is 17.0 Å².